The summed E-state index contributed by atoms with van der Waals surface area (Å²) >= 11 is 0. The average Bonchev–Trinajstić information content (AvgIpc) is 2.57. The summed E-state index contributed by atoms with van der Waals surface area (Å²) in [5.41, 5.74) is 1.46. The van der Waals surface area contributed by atoms with E-state index < -0.39 is 6.10 Å². The zero-order valence-electron chi connectivity index (χ0n) is 14.0. The maximum absolute atomic E-state index is 12.1. The molecule has 0 saturated heterocycles. The van der Waals surface area contributed by atoms with Crippen molar-refractivity contribution < 1.29 is 14.6 Å². The molecule has 128 valence electrons. The number of aliphatic hydroxyl groups excluding tert-OH is 1. The van der Waals surface area contributed by atoms with E-state index in [0.29, 0.717) is 24.5 Å². The number of carbonyl (C=O) groups is 1. The van der Waals surface area contributed by atoms with Gasteiger partial charge in [0, 0.05) is 6.04 Å². The van der Waals surface area contributed by atoms with Crippen LogP contribution in [0.4, 0.5) is 10.5 Å². The van der Waals surface area contributed by atoms with Gasteiger partial charge in [0.2, 0.25) is 0 Å². The largest absolute Gasteiger partial charge is 0.492 e. The van der Waals surface area contributed by atoms with Gasteiger partial charge in [-0.05, 0) is 38.0 Å². The number of hydrogen-bond donors (Lipinski definition) is 3. The molecule has 0 aliphatic carbocycles. The third-order valence-corrected chi connectivity index (χ3v) is 3.57. The number of urea groups is 1. The Morgan fingerprint density at radius 2 is 1.79 bits per heavy atom. The molecule has 0 heterocycles. The molecular formula is C19H24N2O3. The molecule has 0 aromatic heterocycles. The van der Waals surface area contributed by atoms with E-state index in [1.165, 1.54) is 0 Å². The Labute approximate surface area is 142 Å². The van der Waals surface area contributed by atoms with Gasteiger partial charge in [-0.1, -0.05) is 42.5 Å². The molecular weight excluding hydrogens is 304 g/mol. The van der Waals surface area contributed by atoms with Crippen molar-refractivity contribution in [3.05, 3.63) is 60.2 Å². The predicted octanol–water partition coefficient (Wildman–Crippen LogP) is 3.72. The minimum absolute atomic E-state index is 0.181. The zero-order chi connectivity index (χ0) is 17.4. The Bertz CT molecular complexity index is 646. The van der Waals surface area contributed by atoms with E-state index in [1.54, 1.807) is 6.07 Å². The fourth-order valence-corrected chi connectivity index (χ4v) is 2.44. The van der Waals surface area contributed by atoms with Crippen molar-refractivity contribution in [2.24, 2.45) is 0 Å². The van der Waals surface area contributed by atoms with Gasteiger partial charge in [-0.3, -0.25) is 0 Å². The lowest BCUT2D eigenvalue weighted by molar-refractivity contribution is 0.155. The number of benzene rings is 2. The van der Waals surface area contributed by atoms with E-state index in [-0.39, 0.29) is 12.1 Å². The van der Waals surface area contributed by atoms with Crippen LogP contribution in [0.5, 0.6) is 5.75 Å². The first-order chi connectivity index (χ1) is 11.6. The van der Waals surface area contributed by atoms with Crippen molar-refractivity contribution in [3.8, 4) is 5.75 Å². The molecule has 2 amide bonds. The molecule has 24 heavy (non-hydrogen) atoms. The maximum atomic E-state index is 12.1. The summed E-state index contributed by atoms with van der Waals surface area (Å²) in [6, 6.07) is 16.2. The highest BCUT2D eigenvalue weighted by molar-refractivity contribution is 5.91. The Morgan fingerprint density at radius 3 is 2.50 bits per heavy atom. The molecule has 0 fully saturated rings. The minimum atomic E-state index is -0.614. The molecule has 5 nitrogen and oxygen atoms in total. The standard InChI is InChI=1S/C19H24N2O3/c1-3-24-18-12-8-7-11-16(18)21-19(23)20-14(2)13-17(22)15-9-5-4-6-10-15/h4-12,14,17,22H,3,13H2,1-2H3,(H2,20,21,23). The number of para-hydroxylation sites is 2. The van der Waals surface area contributed by atoms with Crippen LogP contribution in [0, 0.1) is 0 Å². The van der Waals surface area contributed by atoms with E-state index in [2.05, 4.69) is 10.6 Å². The normalized spacial score (nSPS) is 13.0. The van der Waals surface area contributed by atoms with Gasteiger partial charge in [0.05, 0.1) is 18.4 Å². The third-order valence-electron chi connectivity index (χ3n) is 3.57. The summed E-state index contributed by atoms with van der Waals surface area (Å²) in [6.07, 6.45) is -0.179. The first-order valence-corrected chi connectivity index (χ1v) is 8.12. The average molecular weight is 328 g/mol. The lowest BCUT2D eigenvalue weighted by Gasteiger charge is -2.19. The van der Waals surface area contributed by atoms with E-state index in [0.717, 1.165) is 5.56 Å². The molecule has 2 aromatic rings. The van der Waals surface area contributed by atoms with Crippen molar-refractivity contribution in [3.63, 3.8) is 0 Å². The summed E-state index contributed by atoms with van der Waals surface area (Å²) in [7, 11) is 0. The van der Waals surface area contributed by atoms with Gasteiger partial charge in [0.25, 0.3) is 0 Å². The fraction of sp³-hybridized carbons (Fsp3) is 0.316. The molecule has 0 aliphatic rings. The molecule has 2 rings (SSSR count). The van der Waals surface area contributed by atoms with Crippen LogP contribution in [-0.4, -0.2) is 23.8 Å². The number of anilines is 1. The number of nitrogens with one attached hydrogen (secondary N) is 2. The van der Waals surface area contributed by atoms with Crippen LogP contribution in [0.1, 0.15) is 31.9 Å². The van der Waals surface area contributed by atoms with Crippen molar-refractivity contribution in [1.82, 2.24) is 5.32 Å². The van der Waals surface area contributed by atoms with E-state index in [9.17, 15) is 9.90 Å². The van der Waals surface area contributed by atoms with Gasteiger partial charge in [0.1, 0.15) is 5.75 Å². The Hall–Kier alpha value is -2.53. The molecule has 0 saturated carbocycles. The Kier molecular flexibility index (Phi) is 6.63. The van der Waals surface area contributed by atoms with Crippen LogP contribution in [0.2, 0.25) is 0 Å². The number of hydrogen-bond acceptors (Lipinski definition) is 3. The topological polar surface area (TPSA) is 70.6 Å². The van der Waals surface area contributed by atoms with E-state index in [1.807, 2.05) is 62.4 Å². The molecule has 5 heteroatoms. The summed E-state index contributed by atoms with van der Waals surface area (Å²) in [5, 5.41) is 15.8. The Morgan fingerprint density at radius 1 is 1.12 bits per heavy atom. The third kappa shape index (κ3) is 5.28. The number of rotatable bonds is 7. The lowest BCUT2D eigenvalue weighted by Crippen LogP contribution is -2.37. The highest BCUT2D eigenvalue weighted by Gasteiger charge is 2.15. The van der Waals surface area contributed by atoms with Crippen molar-refractivity contribution in [2.45, 2.75) is 32.4 Å². The summed E-state index contributed by atoms with van der Waals surface area (Å²) < 4.78 is 5.48. The van der Waals surface area contributed by atoms with Crippen LogP contribution in [0.3, 0.4) is 0 Å². The van der Waals surface area contributed by atoms with E-state index in [4.69, 9.17) is 4.74 Å². The molecule has 0 aliphatic heterocycles. The zero-order valence-corrected chi connectivity index (χ0v) is 14.0. The lowest BCUT2D eigenvalue weighted by atomic mass is 10.0. The van der Waals surface area contributed by atoms with Crippen LogP contribution in [0.15, 0.2) is 54.6 Å². The number of ether oxygens (including phenoxy) is 1. The number of aliphatic hydroxyl groups is 1. The maximum Gasteiger partial charge on any atom is 0.319 e. The molecule has 0 bridgehead atoms. The fourth-order valence-electron chi connectivity index (χ4n) is 2.44. The van der Waals surface area contributed by atoms with Crippen LogP contribution in [-0.2, 0) is 0 Å². The van der Waals surface area contributed by atoms with Crippen LogP contribution < -0.4 is 15.4 Å². The van der Waals surface area contributed by atoms with Crippen LogP contribution >= 0.6 is 0 Å². The van der Waals surface area contributed by atoms with Gasteiger partial charge in [-0.25, -0.2) is 4.79 Å². The molecule has 3 N–H and O–H groups in total. The smallest absolute Gasteiger partial charge is 0.319 e. The highest BCUT2D eigenvalue weighted by Crippen LogP contribution is 2.23. The molecule has 0 radical (unpaired) electrons. The van der Waals surface area contributed by atoms with Gasteiger partial charge >= 0.3 is 6.03 Å². The minimum Gasteiger partial charge on any atom is -0.492 e. The Balaban J connectivity index is 1.88. The summed E-state index contributed by atoms with van der Waals surface area (Å²) in [4.78, 5) is 12.1. The molecule has 2 atom stereocenters. The van der Waals surface area contributed by atoms with Gasteiger partial charge in [-0.15, -0.1) is 0 Å². The van der Waals surface area contributed by atoms with Gasteiger partial charge < -0.3 is 20.5 Å². The number of amides is 2. The second-order valence-electron chi connectivity index (χ2n) is 5.59. The van der Waals surface area contributed by atoms with E-state index >= 15 is 0 Å². The molecule has 0 spiro atoms. The SMILES string of the molecule is CCOc1ccccc1NC(=O)NC(C)CC(O)c1ccccc1. The quantitative estimate of drug-likeness (QED) is 0.725. The number of carbonyl (C=O) groups excluding carboxylic acids is 1. The van der Waals surface area contributed by atoms with Crippen molar-refractivity contribution in [2.75, 3.05) is 11.9 Å². The second kappa shape index (κ2) is 8.93. The predicted molar refractivity (Wildman–Crippen MR) is 95.2 cm³/mol. The highest BCUT2D eigenvalue weighted by atomic mass is 16.5. The first-order valence-electron chi connectivity index (χ1n) is 8.12. The summed E-state index contributed by atoms with van der Waals surface area (Å²) in [5.74, 6) is 0.632. The van der Waals surface area contributed by atoms with Gasteiger partial charge in [0.15, 0.2) is 0 Å². The second-order valence-corrected chi connectivity index (χ2v) is 5.59. The summed E-state index contributed by atoms with van der Waals surface area (Å²) in [6.45, 7) is 4.28. The monoisotopic (exact) mass is 328 g/mol. The molecule has 2 aromatic carbocycles. The van der Waals surface area contributed by atoms with Crippen molar-refractivity contribution >= 4 is 11.7 Å². The van der Waals surface area contributed by atoms with Crippen molar-refractivity contribution in [1.29, 1.82) is 0 Å². The van der Waals surface area contributed by atoms with Crippen LogP contribution in [0.25, 0.3) is 0 Å². The van der Waals surface area contributed by atoms with Gasteiger partial charge in [-0.2, -0.15) is 0 Å². The first kappa shape index (κ1) is 17.8. The molecule has 2 unspecified atom stereocenters.